The first-order chi connectivity index (χ1) is 10.6. The number of ether oxygens (including phenoxy) is 3. The molecule has 0 spiro atoms. The van der Waals surface area contributed by atoms with E-state index >= 15 is 0 Å². The van der Waals surface area contributed by atoms with Crippen molar-refractivity contribution < 1.29 is 32.9 Å². The van der Waals surface area contributed by atoms with Gasteiger partial charge in [0.25, 0.3) is 0 Å². The maximum atomic E-state index is 13.8. The van der Waals surface area contributed by atoms with Crippen molar-refractivity contribution in [1.82, 2.24) is 0 Å². The third-order valence-corrected chi connectivity index (χ3v) is 3.15. The zero-order valence-corrected chi connectivity index (χ0v) is 11.1. The number of hydrogen-bond acceptors (Lipinski definition) is 4. The number of rotatable bonds is 4. The Bertz CT molecular complexity index is 745. The number of carboxylic acid groups (broad SMARTS) is 1. The molecular weight excluding hydrogens is 298 g/mol. The van der Waals surface area contributed by atoms with E-state index in [0.717, 1.165) is 12.1 Å². The molecule has 0 aliphatic carbocycles. The van der Waals surface area contributed by atoms with Gasteiger partial charge in [0.15, 0.2) is 23.1 Å². The summed E-state index contributed by atoms with van der Waals surface area (Å²) in [7, 11) is 0. The molecule has 2 aromatic rings. The van der Waals surface area contributed by atoms with Crippen molar-refractivity contribution in [3.8, 4) is 17.2 Å². The first-order valence-electron chi connectivity index (χ1n) is 6.29. The number of aromatic carboxylic acids is 1. The van der Waals surface area contributed by atoms with Crippen molar-refractivity contribution in [1.29, 1.82) is 0 Å². The van der Waals surface area contributed by atoms with Crippen LogP contribution < -0.4 is 14.2 Å². The smallest absolute Gasteiger partial charge is 0.336 e. The van der Waals surface area contributed by atoms with Crippen LogP contribution in [0.1, 0.15) is 15.9 Å². The molecule has 1 heterocycles. The molecule has 1 N–H and O–H groups in total. The van der Waals surface area contributed by atoms with E-state index in [-0.39, 0.29) is 17.9 Å². The van der Waals surface area contributed by atoms with E-state index in [1.807, 2.05) is 0 Å². The van der Waals surface area contributed by atoms with Gasteiger partial charge in [-0.05, 0) is 24.3 Å². The van der Waals surface area contributed by atoms with Crippen LogP contribution in [0.4, 0.5) is 8.78 Å². The van der Waals surface area contributed by atoms with Crippen LogP contribution in [0.3, 0.4) is 0 Å². The molecule has 3 rings (SSSR count). The highest BCUT2D eigenvalue weighted by molar-refractivity contribution is 5.89. The molecule has 0 radical (unpaired) electrons. The summed E-state index contributed by atoms with van der Waals surface area (Å²) >= 11 is 0. The molecule has 1 aliphatic rings. The van der Waals surface area contributed by atoms with Gasteiger partial charge in [0.05, 0.1) is 5.56 Å². The van der Waals surface area contributed by atoms with Crippen LogP contribution in [-0.2, 0) is 6.61 Å². The second-order valence-electron chi connectivity index (χ2n) is 4.50. The van der Waals surface area contributed by atoms with Gasteiger partial charge in [0, 0.05) is 11.6 Å². The van der Waals surface area contributed by atoms with Gasteiger partial charge >= 0.3 is 5.97 Å². The Morgan fingerprint density at radius 2 is 1.95 bits per heavy atom. The summed E-state index contributed by atoms with van der Waals surface area (Å²) in [4.78, 5) is 11.1. The van der Waals surface area contributed by atoms with Crippen LogP contribution in [0.15, 0.2) is 30.3 Å². The Labute approximate surface area is 123 Å². The van der Waals surface area contributed by atoms with Crippen molar-refractivity contribution in [2.24, 2.45) is 0 Å². The molecule has 0 amide bonds. The maximum absolute atomic E-state index is 13.8. The lowest BCUT2D eigenvalue weighted by atomic mass is 10.1. The Hall–Kier alpha value is -2.83. The summed E-state index contributed by atoms with van der Waals surface area (Å²) in [6.45, 7) is -0.328. The third-order valence-electron chi connectivity index (χ3n) is 3.15. The van der Waals surface area contributed by atoms with E-state index in [2.05, 4.69) is 0 Å². The van der Waals surface area contributed by atoms with Crippen LogP contribution in [-0.4, -0.2) is 17.9 Å². The summed E-state index contributed by atoms with van der Waals surface area (Å²) in [5.41, 5.74) is -0.704. The van der Waals surface area contributed by atoms with Gasteiger partial charge in [-0.2, -0.15) is 0 Å². The summed E-state index contributed by atoms with van der Waals surface area (Å²) < 4.78 is 42.7. The molecule has 2 aromatic carbocycles. The van der Waals surface area contributed by atoms with Crippen LogP contribution in [0.2, 0.25) is 0 Å². The van der Waals surface area contributed by atoms with Gasteiger partial charge in [0.2, 0.25) is 6.79 Å². The lowest BCUT2D eigenvalue weighted by Gasteiger charge is -2.10. The standard InChI is InChI=1S/C15H10F2O5/c16-11-3-2-9(15(18)19)10(14(11)17)6-20-8-1-4-12-13(5-8)22-7-21-12/h1-5H,6-7H2,(H,18,19). The first-order valence-corrected chi connectivity index (χ1v) is 6.29. The van der Waals surface area contributed by atoms with E-state index < -0.39 is 24.2 Å². The van der Waals surface area contributed by atoms with Crippen molar-refractivity contribution >= 4 is 5.97 Å². The minimum atomic E-state index is -1.36. The van der Waals surface area contributed by atoms with Crippen molar-refractivity contribution in [3.63, 3.8) is 0 Å². The highest BCUT2D eigenvalue weighted by Crippen LogP contribution is 2.35. The fourth-order valence-electron chi connectivity index (χ4n) is 2.06. The fourth-order valence-corrected chi connectivity index (χ4v) is 2.06. The van der Waals surface area contributed by atoms with E-state index in [0.29, 0.717) is 17.2 Å². The second-order valence-corrected chi connectivity index (χ2v) is 4.50. The van der Waals surface area contributed by atoms with Crippen LogP contribution in [0.5, 0.6) is 17.2 Å². The molecular formula is C15H10F2O5. The molecule has 0 saturated carbocycles. The monoisotopic (exact) mass is 308 g/mol. The predicted octanol–water partition coefficient (Wildman–Crippen LogP) is 2.97. The predicted molar refractivity (Wildman–Crippen MR) is 70.2 cm³/mol. The second kappa shape index (κ2) is 5.51. The van der Waals surface area contributed by atoms with Gasteiger partial charge in [-0.3, -0.25) is 0 Å². The Balaban J connectivity index is 1.84. The molecule has 0 atom stereocenters. The van der Waals surface area contributed by atoms with Gasteiger partial charge in [-0.25, -0.2) is 13.6 Å². The number of carboxylic acids is 1. The van der Waals surface area contributed by atoms with Gasteiger partial charge in [-0.15, -0.1) is 0 Å². The summed E-state index contributed by atoms with van der Waals surface area (Å²) in [5, 5.41) is 9.02. The molecule has 0 unspecified atom stereocenters. The normalized spacial score (nSPS) is 12.3. The van der Waals surface area contributed by atoms with Crippen molar-refractivity contribution in [2.75, 3.05) is 6.79 Å². The number of carbonyl (C=O) groups is 1. The fraction of sp³-hybridized carbons (Fsp3) is 0.133. The quantitative estimate of drug-likeness (QED) is 0.940. The average Bonchev–Trinajstić information content (AvgIpc) is 2.95. The maximum Gasteiger partial charge on any atom is 0.336 e. The molecule has 114 valence electrons. The van der Waals surface area contributed by atoms with E-state index in [4.69, 9.17) is 19.3 Å². The third kappa shape index (κ3) is 2.52. The minimum absolute atomic E-state index is 0.0977. The van der Waals surface area contributed by atoms with Crippen molar-refractivity contribution in [2.45, 2.75) is 6.61 Å². The lowest BCUT2D eigenvalue weighted by molar-refractivity contribution is 0.0692. The number of benzene rings is 2. The van der Waals surface area contributed by atoms with Gasteiger partial charge in [0.1, 0.15) is 12.4 Å². The Morgan fingerprint density at radius 1 is 1.18 bits per heavy atom. The lowest BCUT2D eigenvalue weighted by Crippen LogP contribution is -2.09. The first kappa shape index (κ1) is 14.1. The number of fused-ring (bicyclic) bond motifs is 1. The summed E-state index contributed by atoms with van der Waals surface area (Å²) in [6, 6.07) is 6.46. The van der Waals surface area contributed by atoms with E-state index in [1.54, 1.807) is 12.1 Å². The molecule has 1 aliphatic heterocycles. The summed E-state index contributed by atoms with van der Waals surface area (Å²) in [6.07, 6.45) is 0. The van der Waals surface area contributed by atoms with E-state index in [9.17, 15) is 13.6 Å². The highest BCUT2D eigenvalue weighted by atomic mass is 19.2. The SMILES string of the molecule is O=C(O)c1ccc(F)c(F)c1COc1ccc2c(c1)OCO2. The molecule has 0 bridgehead atoms. The van der Waals surface area contributed by atoms with Crippen LogP contribution >= 0.6 is 0 Å². The topological polar surface area (TPSA) is 65.0 Å². The number of halogens is 2. The van der Waals surface area contributed by atoms with Crippen LogP contribution in [0, 0.1) is 11.6 Å². The largest absolute Gasteiger partial charge is 0.489 e. The van der Waals surface area contributed by atoms with Crippen LogP contribution in [0.25, 0.3) is 0 Å². The average molecular weight is 308 g/mol. The molecule has 0 aromatic heterocycles. The zero-order chi connectivity index (χ0) is 15.7. The Morgan fingerprint density at radius 3 is 2.73 bits per heavy atom. The molecule has 7 heteroatoms. The number of hydrogen-bond donors (Lipinski definition) is 1. The molecule has 22 heavy (non-hydrogen) atoms. The molecule has 5 nitrogen and oxygen atoms in total. The minimum Gasteiger partial charge on any atom is -0.489 e. The highest BCUT2D eigenvalue weighted by Gasteiger charge is 2.19. The van der Waals surface area contributed by atoms with Crippen molar-refractivity contribution in [3.05, 3.63) is 53.1 Å². The molecule has 0 saturated heterocycles. The summed E-state index contributed by atoms with van der Waals surface area (Å²) in [5.74, 6) is -2.38. The molecule has 0 fully saturated rings. The van der Waals surface area contributed by atoms with Gasteiger partial charge < -0.3 is 19.3 Å². The zero-order valence-electron chi connectivity index (χ0n) is 11.1. The Kier molecular flexibility index (Phi) is 3.54. The van der Waals surface area contributed by atoms with Gasteiger partial charge in [-0.1, -0.05) is 0 Å². The van der Waals surface area contributed by atoms with E-state index in [1.165, 1.54) is 6.07 Å².